The van der Waals surface area contributed by atoms with Gasteiger partial charge >= 0.3 is 0 Å². The molecule has 0 aliphatic heterocycles. The maximum atomic E-state index is 5.76. The molecule has 0 unspecified atom stereocenters. The van der Waals surface area contributed by atoms with Crippen molar-refractivity contribution in [2.24, 2.45) is 0 Å². The van der Waals surface area contributed by atoms with Crippen molar-refractivity contribution in [3.63, 3.8) is 0 Å². The van der Waals surface area contributed by atoms with E-state index in [4.69, 9.17) is 9.47 Å². The van der Waals surface area contributed by atoms with E-state index in [0.717, 1.165) is 54.1 Å². The van der Waals surface area contributed by atoms with Crippen LogP contribution in [0.15, 0.2) is 48.8 Å². The fourth-order valence-corrected chi connectivity index (χ4v) is 4.39. The molecule has 0 saturated carbocycles. The van der Waals surface area contributed by atoms with Crippen molar-refractivity contribution in [3.8, 4) is 22.9 Å². The third-order valence-corrected chi connectivity index (χ3v) is 6.39. The number of nitrogens with zero attached hydrogens (tertiary/aromatic N) is 2. The Bertz CT molecular complexity index is 998. The molecular formula is C30H40N2O2. The normalized spacial score (nSPS) is 10.9. The van der Waals surface area contributed by atoms with E-state index in [1.54, 1.807) is 14.2 Å². The predicted molar refractivity (Wildman–Crippen MR) is 141 cm³/mol. The molecule has 3 aromatic rings. The minimum absolute atomic E-state index is 0.922. The van der Waals surface area contributed by atoms with Crippen LogP contribution in [0, 0.1) is 6.92 Å². The molecule has 0 amide bonds. The number of ether oxygens (including phenoxy) is 2. The summed E-state index contributed by atoms with van der Waals surface area (Å²) in [6, 6.07) is 12.8. The lowest BCUT2D eigenvalue weighted by Crippen LogP contribution is -2.01. The van der Waals surface area contributed by atoms with Crippen LogP contribution < -0.4 is 9.47 Å². The van der Waals surface area contributed by atoms with Crippen molar-refractivity contribution in [1.29, 1.82) is 0 Å². The van der Waals surface area contributed by atoms with E-state index in [1.807, 2.05) is 25.4 Å². The lowest BCUT2D eigenvalue weighted by atomic mass is 9.99. The quantitative estimate of drug-likeness (QED) is 0.233. The number of hydrogen-bond donors (Lipinski definition) is 0. The minimum Gasteiger partial charge on any atom is -0.493 e. The second kappa shape index (κ2) is 13.7. The summed E-state index contributed by atoms with van der Waals surface area (Å²) in [6.45, 7) is 4.28. The van der Waals surface area contributed by atoms with Crippen LogP contribution in [0.3, 0.4) is 0 Å². The molecule has 0 aliphatic rings. The van der Waals surface area contributed by atoms with Crippen molar-refractivity contribution in [3.05, 3.63) is 71.0 Å². The standard InChI is InChI=1S/C30H40N2O2/c1-5-6-9-13-25-17-18-26(30(34-4)29(25)33-3)14-11-8-7-10-12-24-16-20-28(32-22-24)27-19-15-23(2)21-31-27/h15-22H,5-14H2,1-4H3. The van der Waals surface area contributed by atoms with E-state index >= 15 is 0 Å². The second-order valence-corrected chi connectivity index (χ2v) is 9.09. The lowest BCUT2D eigenvalue weighted by Gasteiger charge is -2.16. The largest absolute Gasteiger partial charge is 0.493 e. The Kier molecular flexibility index (Phi) is 10.4. The van der Waals surface area contributed by atoms with Crippen LogP contribution in [0.1, 0.15) is 74.1 Å². The first-order chi connectivity index (χ1) is 16.7. The number of aromatic nitrogens is 2. The number of methoxy groups -OCH3 is 2. The summed E-state index contributed by atoms with van der Waals surface area (Å²) >= 11 is 0. The molecular weight excluding hydrogens is 420 g/mol. The highest BCUT2D eigenvalue weighted by Gasteiger charge is 2.14. The average molecular weight is 461 g/mol. The van der Waals surface area contributed by atoms with Crippen LogP contribution in [0.5, 0.6) is 11.5 Å². The zero-order chi connectivity index (χ0) is 24.2. The average Bonchev–Trinajstić information content (AvgIpc) is 2.87. The highest BCUT2D eigenvalue weighted by molar-refractivity contribution is 5.54. The SMILES string of the molecule is CCCCCc1ccc(CCCCCCc2ccc(-c3ccc(C)cn3)nc2)c(OC)c1OC. The molecule has 34 heavy (non-hydrogen) atoms. The van der Waals surface area contributed by atoms with Crippen molar-refractivity contribution in [1.82, 2.24) is 9.97 Å². The first kappa shape index (κ1) is 25.7. The van der Waals surface area contributed by atoms with Gasteiger partial charge in [0.05, 0.1) is 25.6 Å². The third kappa shape index (κ3) is 7.31. The van der Waals surface area contributed by atoms with Gasteiger partial charge in [0.15, 0.2) is 11.5 Å². The monoisotopic (exact) mass is 460 g/mol. The van der Waals surface area contributed by atoms with E-state index in [9.17, 15) is 0 Å². The second-order valence-electron chi connectivity index (χ2n) is 9.09. The summed E-state index contributed by atoms with van der Waals surface area (Å²) in [4.78, 5) is 9.08. The number of unbranched alkanes of at least 4 members (excludes halogenated alkanes) is 5. The fraction of sp³-hybridized carbons (Fsp3) is 0.467. The molecule has 0 spiro atoms. The minimum atomic E-state index is 0.922. The number of pyridine rings is 2. The van der Waals surface area contributed by atoms with Gasteiger partial charge in [-0.1, -0.05) is 56.9 Å². The first-order valence-electron chi connectivity index (χ1n) is 12.8. The number of hydrogen-bond acceptors (Lipinski definition) is 4. The van der Waals surface area contributed by atoms with Crippen LogP contribution in [0.4, 0.5) is 0 Å². The van der Waals surface area contributed by atoms with Crippen molar-refractivity contribution in [2.45, 2.75) is 78.1 Å². The van der Waals surface area contributed by atoms with Gasteiger partial charge in [0, 0.05) is 12.4 Å². The van der Waals surface area contributed by atoms with Crippen LogP contribution in [-0.4, -0.2) is 24.2 Å². The Labute approximate surface area is 205 Å². The van der Waals surface area contributed by atoms with Gasteiger partial charge in [0.2, 0.25) is 0 Å². The zero-order valence-corrected chi connectivity index (χ0v) is 21.4. The van der Waals surface area contributed by atoms with Gasteiger partial charge in [-0.25, -0.2) is 0 Å². The molecule has 0 fully saturated rings. The summed E-state index contributed by atoms with van der Waals surface area (Å²) in [5.41, 5.74) is 6.83. The fourth-order valence-electron chi connectivity index (χ4n) is 4.39. The summed E-state index contributed by atoms with van der Waals surface area (Å²) in [5.74, 6) is 1.85. The molecule has 0 N–H and O–H groups in total. The van der Waals surface area contributed by atoms with Crippen LogP contribution in [0.2, 0.25) is 0 Å². The highest BCUT2D eigenvalue weighted by Crippen LogP contribution is 2.36. The molecule has 4 nitrogen and oxygen atoms in total. The number of benzene rings is 1. The van der Waals surface area contributed by atoms with E-state index in [2.05, 4.69) is 47.2 Å². The summed E-state index contributed by atoms with van der Waals surface area (Å²) in [5, 5.41) is 0. The Hall–Kier alpha value is -2.88. The van der Waals surface area contributed by atoms with Crippen molar-refractivity contribution >= 4 is 0 Å². The number of rotatable bonds is 14. The van der Waals surface area contributed by atoms with Crippen LogP contribution >= 0.6 is 0 Å². The van der Waals surface area contributed by atoms with Gasteiger partial charge in [0.1, 0.15) is 0 Å². The van der Waals surface area contributed by atoms with Gasteiger partial charge in [0.25, 0.3) is 0 Å². The van der Waals surface area contributed by atoms with E-state index in [-0.39, 0.29) is 0 Å². The molecule has 3 rings (SSSR count). The Morgan fingerprint density at radius 1 is 0.618 bits per heavy atom. The van der Waals surface area contributed by atoms with E-state index in [0.29, 0.717) is 0 Å². The first-order valence-corrected chi connectivity index (χ1v) is 12.8. The molecule has 0 bridgehead atoms. The van der Waals surface area contributed by atoms with Crippen molar-refractivity contribution < 1.29 is 9.47 Å². The smallest absolute Gasteiger partial charge is 0.164 e. The van der Waals surface area contributed by atoms with Crippen LogP contribution in [0.25, 0.3) is 11.4 Å². The maximum absolute atomic E-state index is 5.76. The summed E-state index contributed by atoms with van der Waals surface area (Å²) < 4.78 is 11.5. The summed E-state index contributed by atoms with van der Waals surface area (Å²) in [7, 11) is 3.51. The lowest BCUT2D eigenvalue weighted by molar-refractivity contribution is 0.347. The Morgan fingerprint density at radius 2 is 1.18 bits per heavy atom. The van der Waals surface area contributed by atoms with Gasteiger partial charge in [-0.05, 0) is 79.8 Å². The molecule has 0 aliphatic carbocycles. The van der Waals surface area contributed by atoms with Gasteiger partial charge in [-0.2, -0.15) is 0 Å². The number of aryl methyl sites for hydroxylation is 4. The maximum Gasteiger partial charge on any atom is 0.164 e. The van der Waals surface area contributed by atoms with Gasteiger partial charge < -0.3 is 9.47 Å². The molecule has 1 aromatic carbocycles. The molecule has 0 saturated heterocycles. The van der Waals surface area contributed by atoms with Crippen LogP contribution in [-0.2, 0) is 19.3 Å². The molecule has 2 heterocycles. The predicted octanol–water partition coefficient (Wildman–Crippen LogP) is 7.55. The van der Waals surface area contributed by atoms with Crippen molar-refractivity contribution in [2.75, 3.05) is 14.2 Å². The van der Waals surface area contributed by atoms with E-state index in [1.165, 1.54) is 55.2 Å². The Morgan fingerprint density at radius 3 is 1.68 bits per heavy atom. The highest BCUT2D eigenvalue weighted by atomic mass is 16.5. The topological polar surface area (TPSA) is 44.2 Å². The third-order valence-electron chi connectivity index (χ3n) is 6.39. The van der Waals surface area contributed by atoms with Gasteiger partial charge in [-0.15, -0.1) is 0 Å². The van der Waals surface area contributed by atoms with Gasteiger partial charge in [-0.3, -0.25) is 9.97 Å². The molecule has 0 atom stereocenters. The van der Waals surface area contributed by atoms with E-state index < -0.39 is 0 Å². The Balaban J connectivity index is 1.43. The zero-order valence-electron chi connectivity index (χ0n) is 21.4. The molecule has 4 heteroatoms. The summed E-state index contributed by atoms with van der Waals surface area (Å²) in [6.07, 6.45) is 15.5. The molecule has 182 valence electrons. The molecule has 0 radical (unpaired) electrons. The molecule has 2 aromatic heterocycles.